The summed E-state index contributed by atoms with van der Waals surface area (Å²) < 4.78 is 19.3. The van der Waals surface area contributed by atoms with Crippen molar-refractivity contribution in [1.29, 1.82) is 0 Å². The topological polar surface area (TPSA) is 48.1 Å². The predicted octanol–water partition coefficient (Wildman–Crippen LogP) is 3.28. The van der Waals surface area contributed by atoms with Gasteiger partial charge in [-0.3, -0.25) is 4.98 Å². The third-order valence-electron chi connectivity index (χ3n) is 2.33. The van der Waals surface area contributed by atoms with Crippen LogP contribution in [0.2, 0.25) is 0 Å². The molecule has 0 spiro atoms. The first-order valence-electron chi connectivity index (χ1n) is 5.46. The number of hydrogen-bond acceptors (Lipinski definition) is 3. The van der Waals surface area contributed by atoms with Crippen molar-refractivity contribution in [3.63, 3.8) is 0 Å². The Kier molecular flexibility index (Phi) is 4.28. The number of nitrogens with zero attached hydrogens (tertiary/aromatic N) is 1. The zero-order valence-corrected chi connectivity index (χ0v) is 11.2. The Bertz CT molecular complexity index is 548. The van der Waals surface area contributed by atoms with E-state index in [4.69, 9.17) is 10.5 Å². The van der Waals surface area contributed by atoms with Gasteiger partial charge in [-0.1, -0.05) is 0 Å². The molecule has 0 unspecified atom stereocenters. The van der Waals surface area contributed by atoms with Crippen LogP contribution in [0.25, 0.3) is 0 Å². The van der Waals surface area contributed by atoms with Crippen LogP contribution in [0.15, 0.2) is 41.1 Å². The van der Waals surface area contributed by atoms with Gasteiger partial charge in [0.2, 0.25) is 0 Å². The molecule has 0 atom stereocenters. The second kappa shape index (κ2) is 5.93. The molecule has 0 fully saturated rings. The molecule has 0 radical (unpaired) electrons. The van der Waals surface area contributed by atoms with Gasteiger partial charge < -0.3 is 10.5 Å². The van der Waals surface area contributed by atoms with Gasteiger partial charge in [-0.15, -0.1) is 0 Å². The van der Waals surface area contributed by atoms with E-state index in [1.165, 1.54) is 6.07 Å². The number of nitrogens with two attached hydrogens (primary N) is 1. The SMILES string of the molecule is NCCc1cncc(Oc2ccc(Br)c(F)c2)c1. The molecule has 18 heavy (non-hydrogen) atoms. The van der Waals surface area contributed by atoms with E-state index in [9.17, 15) is 4.39 Å². The number of hydrogen-bond donors (Lipinski definition) is 1. The van der Waals surface area contributed by atoms with Gasteiger partial charge in [-0.25, -0.2) is 4.39 Å². The Balaban J connectivity index is 2.17. The third-order valence-corrected chi connectivity index (χ3v) is 2.97. The van der Waals surface area contributed by atoms with Crippen LogP contribution in [0.1, 0.15) is 5.56 Å². The van der Waals surface area contributed by atoms with Crippen molar-refractivity contribution < 1.29 is 9.13 Å². The molecule has 94 valence electrons. The summed E-state index contributed by atoms with van der Waals surface area (Å²) in [4.78, 5) is 4.06. The summed E-state index contributed by atoms with van der Waals surface area (Å²) in [5.41, 5.74) is 6.47. The Labute approximate surface area is 113 Å². The fourth-order valence-corrected chi connectivity index (χ4v) is 1.75. The van der Waals surface area contributed by atoms with Gasteiger partial charge in [0.05, 0.1) is 10.7 Å². The molecule has 1 aromatic carbocycles. The van der Waals surface area contributed by atoms with Gasteiger partial charge >= 0.3 is 0 Å². The molecular weight excluding hydrogens is 299 g/mol. The summed E-state index contributed by atoms with van der Waals surface area (Å²) in [6.07, 6.45) is 4.06. The predicted molar refractivity (Wildman–Crippen MR) is 71.2 cm³/mol. The molecule has 0 aliphatic rings. The highest BCUT2D eigenvalue weighted by Gasteiger charge is 2.03. The molecule has 0 saturated heterocycles. The number of ether oxygens (including phenoxy) is 1. The Hall–Kier alpha value is -1.46. The number of benzene rings is 1. The molecule has 0 aliphatic carbocycles. The molecule has 2 rings (SSSR count). The van der Waals surface area contributed by atoms with Crippen molar-refractivity contribution in [3.05, 3.63) is 52.5 Å². The Morgan fingerprint density at radius 2 is 2.06 bits per heavy atom. The lowest BCUT2D eigenvalue weighted by atomic mass is 10.2. The Morgan fingerprint density at radius 1 is 1.22 bits per heavy atom. The zero-order chi connectivity index (χ0) is 13.0. The van der Waals surface area contributed by atoms with E-state index in [-0.39, 0.29) is 5.82 Å². The molecule has 2 N–H and O–H groups in total. The molecule has 0 saturated carbocycles. The van der Waals surface area contributed by atoms with E-state index in [0.29, 0.717) is 22.5 Å². The molecular formula is C13H12BrFN2O. The molecule has 2 aromatic rings. The second-order valence-corrected chi connectivity index (χ2v) is 4.60. The smallest absolute Gasteiger partial charge is 0.145 e. The highest BCUT2D eigenvalue weighted by molar-refractivity contribution is 9.10. The highest BCUT2D eigenvalue weighted by Crippen LogP contribution is 2.25. The lowest BCUT2D eigenvalue weighted by Gasteiger charge is -2.07. The van der Waals surface area contributed by atoms with Gasteiger partial charge in [-0.05, 0) is 52.7 Å². The van der Waals surface area contributed by atoms with Crippen LogP contribution in [0.5, 0.6) is 11.5 Å². The molecule has 1 heterocycles. The molecule has 3 nitrogen and oxygen atoms in total. The minimum atomic E-state index is -0.362. The summed E-state index contributed by atoms with van der Waals surface area (Å²) >= 11 is 3.09. The van der Waals surface area contributed by atoms with Crippen molar-refractivity contribution in [3.8, 4) is 11.5 Å². The van der Waals surface area contributed by atoms with E-state index in [1.54, 1.807) is 24.5 Å². The summed E-state index contributed by atoms with van der Waals surface area (Å²) in [5, 5.41) is 0. The average molecular weight is 311 g/mol. The van der Waals surface area contributed by atoms with E-state index in [2.05, 4.69) is 20.9 Å². The molecule has 1 aromatic heterocycles. The third kappa shape index (κ3) is 3.27. The fourth-order valence-electron chi connectivity index (χ4n) is 1.50. The number of aromatic nitrogens is 1. The molecule has 0 aliphatic heterocycles. The van der Waals surface area contributed by atoms with E-state index < -0.39 is 0 Å². The van der Waals surface area contributed by atoms with Gasteiger partial charge in [0, 0.05) is 12.3 Å². The van der Waals surface area contributed by atoms with E-state index >= 15 is 0 Å². The zero-order valence-electron chi connectivity index (χ0n) is 9.57. The lowest BCUT2D eigenvalue weighted by molar-refractivity contribution is 0.473. The standard InChI is InChI=1S/C13H12BrFN2O/c14-12-2-1-10(6-13(12)15)18-11-5-9(3-4-16)7-17-8-11/h1-2,5-8H,3-4,16H2. The average Bonchev–Trinajstić information content (AvgIpc) is 2.35. The van der Waals surface area contributed by atoms with Gasteiger partial charge in [0.1, 0.15) is 17.3 Å². The summed E-state index contributed by atoms with van der Waals surface area (Å²) in [5.74, 6) is 0.642. The molecule has 0 bridgehead atoms. The molecule has 5 heteroatoms. The largest absolute Gasteiger partial charge is 0.456 e. The fraction of sp³-hybridized carbons (Fsp3) is 0.154. The van der Waals surface area contributed by atoms with Crippen LogP contribution in [0, 0.1) is 5.82 Å². The normalized spacial score (nSPS) is 10.4. The van der Waals surface area contributed by atoms with Crippen molar-refractivity contribution in [1.82, 2.24) is 4.98 Å². The first-order chi connectivity index (χ1) is 8.69. The van der Waals surface area contributed by atoms with E-state index in [1.807, 2.05) is 6.07 Å². The van der Waals surface area contributed by atoms with Crippen molar-refractivity contribution in [2.24, 2.45) is 5.73 Å². The molecule has 0 amide bonds. The maximum absolute atomic E-state index is 13.3. The van der Waals surface area contributed by atoms with Gasteiger partial charge in [0.15, 0.2) is 0 Å². The van der Waals surface area contributed by atoms with Crippen molar-refractivity contribution in [2.75, 3.05) is 6.54 Å². The van der Waals surface area contributed by atoms with Crippen LogP contribution >= 0.6 is 15.9 Å². The van der Waals surface area contributed by atoms with Crippen molar-refractivity contribution in [2.45, 2.75) is 6.42 Å². The van der Waals surface area contributed by atoms with Crippen LogP contribution in [0.4, 0.5) is 4.39 Å². The maximum Gasteiger partial charge on any atom is 0.145 e. The monoisotopic (exact) mass is 310 g/mol. The maximum atomic E-state index is 13.3. The van der Waals surface area contributed by atoms with E-state index in [0.717, 1.165) is 12.0 Å². The first-order valence-corrected chi connectivity index (χ1v) is 6.25. The van der Waals surface area contributed by atoms with Crippen LogP contribution in [0.3, 0.4) is 0 Å². The van der Waals surface area contributed by atoms with Crippen LogP contribution < -0.4 is 10.5 Å². The van der Waals surface area contributed by atoms with Crippen LogP contribution in [-0.4, -0.2) is 11.5 Å². The summed E-state index contributed by atoms with van der Waals surface area (Å²) in [6, 6.07) is 6.45. The number of halogens is 2. The lowest BCUT2D eigenvalue weighted by Crippen LogP contribution is -2.03. The second-order valence-electron chi connectivity index (χ2n) is 3.75. The van der Waals surface area contributed by atoms with Gasteiger partial charge in [-0.2, -0.15) is 0 Å². The summed E-state index contributed by atoms with van der Waals surface area (Å²) in [6.45, 7) is 0.554. The number of rotatable bonds is 4. The summed E-state index contributed by atoms with van der Waals surface area (Å²) in [7, 11) is 0. The highest BCUT2D eigenvalue weighted by atomic mass is 79.9. The first kappa shape index (κ1) is 13.0. The van der Waals surface area contributed by atoms with Crippen molar-refractivity contribution >= 4 is 15.9 Å². The Morgan fingerprint density at radius 3 is 2.78 bits per heavy atom. The van der Waals surface area contributed by atoms with Crippen LogP contribution in [-0.2, 0) is 6.42 Å². The number of pyridine rings is 1. The minimum absolute atomic E-state index is 0.362. The minimum Gasteiger partial charge on any atom is -0.456 e. The quantitative estimate of drug-likeness (QED) is 0.942. The van der Waals surface area contributed by atoms with Gasteiger partial charge in [0.25, 0.3) is 0 Å².